The van der Waals surface area contributed by atoms with Crippen LogP contribution in [0.3, 0.4) is 0 Å². The van der Waals surface area contributed by atoms with Gasteiger partial charge in [-0.2, -0.15) is 0 Å². The van der Waals surface area contributed by atoms with Crippen LogP contribution in [0.25, 0.3) is 0 Å². The number of carbonyl (C=O) groups is 1. The van der Waals surface area contributed by atoms with Crippen LogP contribution in [-0.4, -0.2) is 18.5 Å². The Kier molecular flexibility index (Phi) is 5.68. The Morgan fingerprint density at radius 1 is 1.00 bits per heavy atom. The maximum absolute atomic E-state index is 12.7. The highest BCUT2D eigenvalue weighted by atomic mass is 16.5. The van der Waals surface area contributed by atoms with Crippen molar-refractivity contribution in [1.82, 2.24) is 0 Å². The van der Waals surface area contributed by atoms with Crippen molar-refractivity contribution in [2.75, 3.05) is 6.61 Å². The Bertz CT molecular complexity index is 250. The molecule has 1 atom stereocenters. The van der Waals surface area contributed by atoms with Crippen molar-refractivity contribution in [2.24, 2.45) is 11.8 Å². The van der Waals surface area contributed by atoms with E-state index >= 15 is 0 Å². The van der Waals surface area contributed by atoms with Gasteiger partial charge in [-0.15, -0.1) is 0 Å². The van der Waals surface area contributed by atoms with Crippen molar-refractivity contribution >= 4 is 5.78 Å². The van der Waals surface area contributed by atoms with Gasteiger partial charge >= 0.3 is 0 Å². The third-order valence-corrected chi connectivity index (χ3v) is 4.71. The number of hydrogen-bond donors (Lipinski definition) is 0. The van der Waals surface area contributed by atoms with Crippen LogP contribution >= 0.6 is 0 Å². The number of carbonyl (C=O) groups excluding carboxylic acids is 1. The Hall–Kier alpha value is -0.370. The largest absolute Gasteiger partial charge is 0.370 e. The standard InChI is InChI=1S/C16H28O2/c1-2-18-16(14-11-7-4-8-12-14)15(17)13-9-5-3-6-10-13/h13-14,16H,2-12H2,1H3. The Morgan fingerprint density at radius 3 is 2.11 bits per heavy atom. The quantitative estimate of drug-likeness (QED) is 0.735. The minimum absolute atomic E-state index is 0.0848. The minimum Gasteiger partial charge on any atom is -0.370 e. The molecule has 2 heteroatoms. The van der Waals surface area contributed by atoms with Gasteiger partial charge in [0.25, 0.3) is 0 Å². The first kappa shape index (κ1) is 14.0. The fourth-order valence-corrected chi connectivity index (χ4v) is 3.69. The summed E-state index contributed by atoms with van der Waals surface area (Å²) >= 11 is 0. The number of rotatable bonds is 5. The second-order valence-corrected chi connectivity index (χ2v) is 6.01. The molecule has 2 saturated carbocycles. The first-order valence-corrected chi connectivity index (χ1v) is 7.98. The lowest BCUT2D eigenvalue weighted by Gasteiger charge is -2.32. The van der Waals surface area contributed by atoms with Crippen LogP contribution in [0.5, 0.6) is 0 Å². The fourth-order valence-electron chi connectivity index (χ4n) is 3.69. The summed E-state index contributed by atoms with van der Waals surface area (Å²) in [7, 11) is 0. The van der Waals surface area contributed by atoms with E-state index in [1.165, 1.54) is 51.4 Å². The van der Waals surface area contributed by atoms with Gasteiger partial charge in [0.1, 0.15) is 6.10 Å². The zero-order valence-corrected chi connectivity index (χ0v) is 11.8. The molecule has 1 unspecified atom stereocenters. The minimum atomic E-state index is -0.0848. The van der Waals surface area contributed by atoms with Crippen molar-refractivity contribution in [3.8, 4) is 0 Å². The smallest absolute Gasteiger partial charge is 0.164 e. The highest BCUT2D eigenvalue weighted by molar-refractivity contribution is 5.85. The molecule has 0 aromatic heterocycles. The highest BCUT2D eigenvalue weighted by Gasteiger charge is 2.34. The van der Waals surface area contributed by atoms with Crippen LogP contribution in [-0.2, 0) is 9.53 Å². The number of hydrogen-bond acceptors (Lipinski definition) is 2. The molecule has 0 radical (unpaired) electrons. The van der Waals surface area contributed by atoms with Crippen molar-refractivity contribution < 1.29 is 9.53 Å². The summed E-state index contributed by atoms with van der Waals surface area (Å²) in [6.45, 7) is 2.70. The molecule has 2 rings (SSSR count). The fraction of sp³-hybridized carbons (Fsp3) is 0.938. The molecular formula is C16H28O2. The maximum atomic E-state index is 12.7. The summed E-state index contributed by atoms with van der Waals surface area (Å²) < 4.78 is 5.85. The topological polar surface area (TPSA) is 26.3 Å². The van der Waals surface area contributed by atoms with Gasteiger partial charge in [-0.25, -0.2) is 0 Å². The average Bonchev–Trinajstić information content (AvgIpc) is 2.46. The monoisotopic (exact) mass is 252 g/mol. The third kappa shape index (κ3) is 3.57. The zero-order chi connectivity index (χ0) is 12.8. The van der Waals surface area contributed by atoms with E-state index in [4.69, 9.17) is 4.74 Å². The predicted octanol–water partition coefficient (Wildman–Crippen LogP) is 4.12. The van der Waals surface area contributed by atoms with Gasteiger partial charge in [-0.05, 0) is 38.5 Å². The predicted molar refractivity (Wildman–Crippen MR) is 73.6 cm³/mol. The van der Waals surface area contributed by atoms with Gasteiger partial charge in [0.15, 0.2) is 5.78 Å². The molecule has 18 heavy (non-hydrogen) atoms. The number of ether oxygens (including phenoxy) is 1. The van der Waals surface area contributed by atoms with E-state index in [1.54, 1.807) is 0 Å². The van der Waals surface area contributed by atoms with Crippen molar-refractivity contribution in [3.63, 3.8) is 0 Å². The molecule has 0 amide bonds. The van der Waals surface area contributed by atoms with E-state index < -0.39 is 0 Å². The van der Waals surface area contributed by atoms with Gasteiger partial charge < -0.3 is 4.74 Å². The average molecular weight is 252 g/mol. The van der Waals surface area contributed by atoms with Gasteiger partial charge in [-0.1, -0.05) is 38.5 Å². The van der Waals surface area contributed by atoms with Crippen molar-refractivity contribution in [3.05, 3.63) is 0 Å². The molecule has 0 aliphatic heterocycles. The first-order valence-electron chi connectivity index (χ1n) is 7.98. The molecule has 0 N–H and O–H groups in total. The van der Waals surface area contributed by atoms with E-state index in [0.29, 0.717) is 24.2 Å². The van der Waals surface area contributed by atoms with Crippen molar-refractivity contribution in [2.45, 2.75) is 77.2 Å². The third-order valence-electron chi connectivity index (χ3n) is 4.71. The zero-order valence-electron chi connectivity index (χ0n) is 11.8. The Labute approximate surface area is 111 Å². The van der Waals surface area contributed by atoms with Gasteiger partial charge in [-0.3, -0.25) is 4.79 Å². The molecule has 0 heterocycles. The second-order valence-electron chi connectivity index (χ2n) is 6.01. The molecule has 2 fully saturated rings. The molecular weight excluding hydrogens is 224 g/mol. The van der Waals surface area contributed by atoms with Gasteiger partial charge in [0, 0.05) is 12.5 Å². The van der Waals surface area contributed by atoms with E-state index in [1.807, 2.05) is 6.92 Å². The van der Waals surface area contributed by atoms with E-state index in [2.05, 4.69) is 0 Å². The Morgan fingerprint density at radius 2 is 1.56 bits per heavy atom. The van der Waals surface area contributed by atoms with E-state index in [9.17, 15) is 4.79 Å². The molecule has 2 aliphatic carbocycles. The lowest BCUT2D eigenvalue weighted by Crippen LogP contribution is -2.38. The lowest BCUT2D eigenvalue weighted by atomic mass is 9.77. The molecule has 0 spiro atoms. The maximum Gasteiger partial charge on any atom is 0.164 e. The summed E-state index contributed by atoms with van der Waals surface area (Å²) in [5, 5.41) is 0. The van der Waals surface area contributed by atoms with Crippen LogP contribution in [0.1, 0.15) is 71.1 Å². The molecule has 0 saturated heterocycles. The van der Waals surface area contributed by atoms with Gasteiger partial charge in [0.2, 0.25) is 0 Å². The van der Waals surface area contributed by atoms with Gasteiger partial charge in [0.05, 0.1) is 0 Å². The van der Waals surface area contributed by atoms with Crippen LogP contribution in [0.15, 0.2) is 0 Å². The summed E-state index contributed by atoms with van der Waals surface area (Å²) in [5.41, 5.74) is 0. The Balaban J connectivity index is 1.96. The molecule has 0 aromatic carbocycles. The SMILES string of the molecule is CCOC(C(=O)C1CCCCC1)C1CCCCC1. The summed E-state index contributed by atoms with van der Waals surface area (Å²) in [5.74, 6) is 1.24. The van der Waals surface area contributed by atoms with E-state index in [0.717, 1.165) is 12.8 Å². The number of ketones is 1. The summed E-state index contributed by atoms with van der Waals surface area (Å²) in [6.07, 6.45) is 12.2. The lowest BCUT2D eigenvalue weighted by molar-refractivity contribution is -0.140. The molecule has 0 aromatic rings. The normalized spacial score (nSPS) is 24.9. The number of Topliss-reactive ketones (excluding diaryl/α,β-unsaturated/α-hetero) is 1. The first-order chi connectivity index (χ1) is 8.83. The van der Waals surface area contributed by atoms with Crippen LogP contribution in [0, 0.1) is 11.8 Å². The van der Waals surface area contributed by atoms with Crippen LogP contribution in [0.4, 0.5) is 0 Å². The van der Waals surface area contributed by atoms with E-state index in [-0.39, 0.29) is 6.10 Å². The summed E-state index contributed by atoms with van der Waals surface area (Å²) in [4.78, 5) is 12.7. The van der Waals surface area contributed by atoms with Crippen LogP contribution in [0.2, 0.25) is 0 Å². The molecule has 2 nitrogen and oxygen atoms in total. The molecule has 2 aliphatic rings. The van der Waals surface area contributed by atoms with Crippen molar-refractivity contribution in [1.29, 1.82) is 0 Å². The van der Waals surface area contributed by atoms with Crippen LogP contribution < -0.4 is 0 Å². The molecule has 0 bridgehead atoms. The molecule has 104 valence electrons. The second kappa shape index (κ2) is 7.28. The summed E-state index contributed by atoms with van der Waals surface area (Å²) in [6, 6.07) is 0. The highest BCUT2D eigenvalue weighted by Crippen LogP contribution is 2.33.